The zero-order valence-electron chi connectivity index (χ0n) is 12.1. The molecular weight excluding hydrogens is 252 g/mol. The minimum Gasteiger partial charge on any atom is -0.478 e. The zero-order chi connectivity index (χ0) is 14.8. The van der Waals surface area contributed by atoms with E-state index in [1.807, 2.05) is 18.2 Å². The molecule has 0 atom stereocenters. The first-order valence-corrected chi connectivity index (χ1v) is 6.74. The Morgan fingerprint density at radius 1 is 1.30 bits per heavy atom. The van der Waals surface area contributed by atoms with E-state index in [-0.39, 0.29) is 11.0 Å². The van der Waals surface area contributed by atoms with E-state index in [1.165, 1.54) is 0 Å². The summed E-state index contributed by atoms with van der Waals surface area (Å²) < 4.78 is 0. The summed E-state index contributed by atoms with van der Waals surface area (Å²) in [6, 6.07) is 8.90. The molecule has 106 valence electrons. The molecule has 1 aromatic heterocycles. The fourth-order valence-corrected chi connectivity index (χ4v) is 2.01. The second kappa shape index (κ2) is 5.49. The molecule has 0 fully saturated rings. The molecule has 2 N–H and O–H groups in total. The Morgan fingerprint density at radius 2 is 2.00 bits per heavy atom. The third-order valence-electron chi connectivity index (χ3n) is 3.13. The lowest BCUT2D eigenvalue weighted by Crippen LogP contribution is -2.14. The lowest BCUT2D eigenvalue weighted by atomic mass is 9.92. The van der Waals surface area contributed by atoms with E-state index in [1.54, 1.807) is 12.1 Å². The summed E-state index contributed by atoms with van der Waals surface area (Å²) in [5.74, 6) is -0.312. The Hall–Kier alpha value is -2.10. The summed E-state index contributed by atoms with van der Waals surface area (Å²) in [4.78, 5) is 15.8. The Bertz CT molecular complexity index is 630. The van der Waals surface area contributed by atoms with Crippen molar-refractivity contribution in [3.05, 3.63) is 35.9 Å². The van der Waals surface area contributed by atoms with Gasteiger partial charge in [0.15, 0.2) is 0 Å². The first-order valence-electron chi connectivity index (χ1n) is 6.74. The van der Waals surface area contributed by atoms with Crippen molar-refractivity contribution in [1.82, 2.24) is 4.98 Å². The van der Waals surface area contributed by atoms with Crippen LogP contribution in [-0.4, -0.2) is 22.6 Å². The molecule has 0 aliphatic rings. The van der Waals surface area contributed by atoms with Crippen molar-refractivity contribution in [3.8, 4) is 0 Å². The van der Waals surface area contributed by atoms with Crippen LogP contribution >= 0.6 is 0 Å². The fraction of sp³-hybridized carbons (Fsp3) is 0.375. The molecule has 4 nitrogen and oxygen atoms in total. The highest BCUT2D eigenvalue weighted by molar-refractivity contribution is 6.03. The van der Waals surface area contributed by atoms with Crippen LogP contribution in [0.1, 0.15) is 37.6 Å². The minimum atomic E-state index is -0.928. The van der Waals surface area contributed by atoms with Crippen molar-refractivity contribution in [2.24, 2.45) is 5.41 Å². The molecule has 0 radical (unpaired) electrons. The van der Waals surface area contributed by atoms with Crippen molar-refractivity contribution >= 4 is 22.7 Å². The van der Waals surface area contributed by atoms with Gasteiger partial charge in [0.1, 0.15) is 5.82 Å². The smallest absolute Gasteiger partial charge is 0.336 e. The van der Waals surface area contributed by atoms with Crippen LogP contribution in [0, 0.1) is 5.41 Å². The number of rotatable bonds is 4. The predicted molar refractivity (Wildman–Crippen MR) is 81.3 cm³/mol. The van der Waals surface area contributed by atoms with Crippen molar-refractivity contribution in [2.45, 2.75) is 27.2 Å². The van der Waals surface area contributed by atoms with Crippen LogP contribution < -0.4 is 5.32 Å². The van der Waals surface area contributed by atoms with Crippen molar-refractivity contribution in [3.63, 3.8) is 0 Å². The highest BCUT2D eigenvalue weighted by Crippen LogP contribution is 2.22. The maximum absolute atomic E-state index is 11.3. The third-order valence-corrected chi connectivity index (χ3v) is 3.13. The minimum absolute atomic E-state index is 0.236. The van der Waals surface area contributed by atoms with Crippen molar-refractivity contribution in [1.29, 1.82) is 0 Å². The number of nitrogens with zero attached hydrogens (tertiary/aromatic N) is 1. The highest BCUT2D eigenvalue weighted by Gasteiger charge is 2.13. The van der Waals surface area contributed by atoms with Gasteiger partial charge in [-0.1, -0.05) is 39.0 Å². The molecule has 0 amide bonds. The van der Waals surface area contributed by atoms with Gasteiger partial charge in [0.25, 0.3) is 0 Å². The molecule has 0 spiro atoms. The number of para-hydroxylation sites is 1. The summed E-state index contributed by atoms with van der Waals surface area (Å²) in [7, 11) is 0. The van der Waals surface area contributed by atoms with E-state index >= 15 is 0 Å². The second-order valence-electron chi connectivity index (χ2n) is 6.11. The quantitative estimate of drug-likeness (QED) is 0.889. The molecule has 1 heterocycles. The lowest BCUT2D eigenvalue weighted by molar-refractivity contribution is 0.0699. The Labute approximate surface area is 118 Å². The summed E-state index contributed by atoms with van der Waals surface area (Å²) in [6.07, 6.45) is 0.990. The zero-order valence-corrected chi connectivity index (χ0v) is 12.1. The van der Waals surface area contributed by atoms with Gasteiger partial charge < -0.3 is 10.4 Å². The topological polar surface area (TPSA) is 62.2 Å². The average Bonchev–Trinajstić information content (AvgIpc) is 2.36. The van der Waals surface area contributed by atoms with Gasteiger partial charge in [-0.05, 0) is 24.0 Å². The molecule has 2 rings (SSSR count). The van der Waals surface area contributed by atoms with Crippen molar-refractivity contribution in [2.75, 3.05) is 11.9 Å². The van der Waals surface area contributed by atoms with E-state index in [0.717, 1.165) is 13.0 Å². The first-order chi connectivity index (χ1) is 9.37. The number of nitrogens with one attached hydrogen (secondary N) is 1. The van der Waals surface area contributed by atoms with Crippen LogP contribution in [-0.2, 0) is 0 Å². The van der Waals surface area contributed by atoms with E-state index in [9.17, 15) is 9.90 Å². The summed E-state index contributed by atoms with van der Waals surface area (Å²) in [5, 5.41) is 13.2. The van der Waals surface area contributed by atoms with Crippen molar-refractivity contribution < 1.29 is 9.90 Å². The normalized spacial score (nSPS) is 11.6. The number of pyridine rings is 1. The van der Waals surface area contributed by atoms with E-state index in [0.29, 0.717) is 16.7 Å². The molecule has 0 saturated carbocycles. The number of hydrogen-bond acceptors (Lipinski definition) is 3. The number of anilines is 1. The third kappa shape index (κ3) is 3.47. The number of aromatic nitrogens is 1. The van der Waals surface area contributed by atoms with Crippen LogP contribution in [0.3, 0.4) is 0 Å². The van der Waals surface area contributed by atoms with Crippen LogP contribution in [0.15, 0.2) is 30.3 Å². The number of aromatic carboxylic acids is 1. The van der Waals surface area contributed by atoms with Crippen LogP contribution in [0.25, 0.3) is 10.9 Å². The first kappa shape index (κ1) is 14.3. The van der Waals surface area contributed by atoms with E-state index in [2.05, 4.69) is 31.1 Å². The molecule has 1 aromatic carbocycles. The van der Waals surface area contributed by atoms with Gasteiger partial charge in [0.2, 0.25) is 0 Å². The van der Waals surface area contributed by atoms with E-state index in [4.69, 9.17) is 0 Å². The maximum Gasteiger partial charge on any atom is 0.336 e. The summed E-state index contributed by atoms with van der Waals surface area (Å²) in [6.45, 7) is 7.29. The van der Waals surface area contributed by atoms with Crippen LogP contribution in [0.2, 0.25) is 0 Å². The second-order valence-corrected chi connectivity index (χ2v) is 6.11. The predicted octanol–water partition coefficient (Wildman–Crippen LogP) is 3.78. The highest BCUT2D eigenvalue weighted by atomic mass is 16.4. The van der Waals surface area contributed by atoms with Gasteiger partial charge in [-0.25, -0.2) is 9.78 Å². The average molecular weight is 272 g/mol. The lowest BCUT2D eigenvalue weighted by Gasteiger charge is -2.18. The number of benzene rings is 1. The number of carbonyl (C=O) groups is 1. The SMILES string of the molecule is CC(C)(C)CCNc1cc(C(=O)O)c2ccccc2n1. The Kier molecular flexibility index (Phi) is 3.93. The molecular formula is C16H20N2O2. The molecule has 2 aromatic rings. The van der Waals surface area contributed by atoms with Gasteiger partial charge in [-0.3, -0.25) is 0 Å². The van der Waals surface area contributed by atoms with E-state index < -0.39 is 5.97 Å². The van der Waals surface area contributed by atoms with Gasteiger partial charge in [0, 0.05) is 11.9 Å². The maximum atomic E-state index is 11.3. The van der Waals surface area contributed by atoms with Gasteiger partial charge >= 0.3 is 5.97 Å². The summed E-state index contributed by atoms with van der Waals surface area (Å²) in [5.41, 5.74) is 1.22. The van der Waals surface area contributed by atoms with Gasteiger partial charge in [0.05, 0.1) is 11.1 Å². The molecule has 0 bridgehead atoms. The molecule has 0 saturated heterocycles. The molecule has 0 unspecified atom stereocenters. The number of hydrogen-bond donors (Lipinski definition) is 2. The summed E-state index contributed by atoms with van der Waals surface area (Å²) >= 11 is 0. The Morgan fingerprint density at radius 3 is 2.65 bits per heavy atom. The largest absolute Gasteiger partial charge is 0.478 e. The van der Waals surface area contributed by atoms with Gasteiger partial charge in [-0.2, -0.15) is 0 Å². The van der Waals surface area contributed by atoms with Gasteiger partial charge in [-0.15, -0.1) is 0 Å². The monoisotopic (exact) mass is 272 g/mol. The standard InChI is InChI=1S/C16H20N2O2/c1-16(2,3)8-9-17-14-10-12(15(19)20)11-6-4-5-7-13(11)18-14/h4-7,10H,8-9H2,1-3H3,(H,17,18)(H,19,20). The number of carboxylic acids is 1. The van der Waals surface area contributed by atoms with Crippen LogP contribution in [0.4, 0.5) is 5.82 Å². The molecule has 20 heavy (non-hydrogen) atoms. The molecule has 4 heteroatoms. The number of carboxylic acid groups (broad SMARTS) is 1. The molecule has 0 aliphatic heterocycles. The van der Waals surface area contributed by atoms with Crippen LogP contribution in [0.5, 0.6) is 0 Å². The Balaban J connectivity index is 2.28. The molecule has 0 aliphatic carbocycles. The number of fused-ring (bicyclic) bond motifs is 1. The fourth-order valence-electron chi connectivity index (χ4n) is 2.01.